The molecule has 1 atom stereocenters. The van der Waals surface area contributed by atoms with Crippen molar-refractivity contribution in [3.8, 4) is 5.75 Å². The summed E-state index contributed by atoms with van der Waals surface area (Å²) in [5.74, 6) is 0.447. The number of phenolic OH excluding ortho intramolecular Hbond substituents is 1. The molecule has 0 radical (unpaired) electrons. The molecule has 1 aromatic rings. The third-order valence-corrected chi connectivity index (χ3v) is 3.91. The number of aromatic hydroxyl groups is 1. The summed E-state index contributed by atoms with van der Waals surface area (Å²) in [4.78, 5) is 0. The molecule has 0 bridgehead atoms. The Morgan fingerprint density at radius 3 is 2.19 bits per heavy atom. The number of halogens is 2. The molecule has 0 aromatic heterocycles. The van der Waals surface area contributed by atoms with Gasteiger partial charge in [-0.2, -0.15) is 0 Å². The Morgan fingerprint density at radius 2 is 1.69 bits per heavy atom. The third-order valence-electron chi connectivity index (χ3n) is 3.33. The van der Waals surface area contributed by atoms with Crippen LogP contribution in [0.2, 0.25) is 10.0 Å². The maximum absolute atomic E-state index is 9.47. The van der Waals surface area contributed by atoms with Crippen molar-refractivity contribution in [2.75, 3.05) is 0 Å². The van der Waals surface area contributed by atoms with Gasteiger partial charge in [0.05, 0.1) is 10.0 Å². The first-order valence-electron chi connectivity index (χ1n) is 5.53. The van der Waals surface area contributed by atoms with Crippen LogP contribution in [0.4, 0.5) is 0 Å². The van der Waals surface area contributed by atoms with Crippen LogP contribution in [-0.4, -0.2) is 5.11 Å². The smallest absolute Gasteiger partial charge is 0.152 e. The first kappa shape index (κ1) is 12.0. The molecule has 1 aliphatic carbocycles. The highest BCUT2D eigenvalue weighted by Crippen LogP contribution is 2.39. The Balaban J connectivity index is 2.26. The average molecular weight is 260 g/mol. The molecule has 0 spiro atoms. The molecule has 0 saturated heterocycles. The van der Waals surface area contributed by atoms with Crippen LogP contribution in [0.3, 0.4) is 0 Å². The van der Waals surface area contributed by atoms with E-state index in [1.807, 2.05) is 0 Å². The minimum atomic E-state index is -0.0642. The van der Waals surface area contributed by atoms with Gasteiger partial charge in [-0.3, -0.25) is 0 Å². The predicted molar refractivity (Wildman–Crippen MR) is 67.0 cm³/mol. The van der Waals surface area contributed by atoms with Crippen LogP contribution >= 0.6 is 23.2 Å². The molecule has 3 N–H and O–H groups in total. The van der Waals surface area contributed by atoms with Crippen molar-refractivity contribution in [2.45, 2.75) is 31.7 Å². The number of benzene rings is 1. The van der Waals surface area contributed by atoms with E-state index in [1.54, 1.807) is 12.1 Å². The van der Waals surface area contributed by atoms with Crippen LogP contribution in [-0.2, 0) is 0 Å². The van der Waals surface area contributed by atoms with Crippen molar-refractivity contribution >= 4 is 23.2 Å². The van der Waals surface area contributed by atoms with Crippen LogP contribution in [0.1, 0.15) is 37.3 Å². The fraction of sp³-hybridized carbons (Fsp3) is 0.500. The second-order valence-corrected chi connectivity index (χ2v) is 5.22. The summed E-state index contributed by atoms with van der Waals surface area (Å²) in [7, 11) is 0. The van der Waals surface area contributed by atoms with Crippen molar-refractivity contribution in [3.63, 3.8) is 0 Å². The van der Waals surface area contributed by atoms with Gasteiger partial charge >= 0.3 is 0 Å². The van der Waals surface area contributed by atoms with Crippen LogP contribution < -0.4 is 5.73 Å². The second-order valence-electron chi connectivity index (χ2n) is 4.40. The summed E-state index contributed by atoms with van der Waals surface area (Å²) in [6.45, 7) is 0. The van der Waals surface area contributed by atoms with Gasteiger partial charge in [0.2, 0.25) is 0 Å². The van der Waals surface area contributed by atoms with E-state index in [-0.39, 0.29) is 21.8 Å². The van der Waals surface area contributed by atoms with Crippen LogP contribution in [0, 0.1) is 5.92 Å². The second kappa shape index (κ2) is 4.82. The molecule has 1 aliphatic rings. The summed E-state index contributed by atoms with van der Waals surface area (Å²) in [6, 6.07) is 3.40. The average Bonchev–Trinajstić information content (AvgIpc) is 2.77. The first-order valence-corrected chi connectivity index (χ1v) is 6.28. The predicted octanol–water partition coefficient (Wildman–Crippen LogP) is 3.89. The number of hydrogen-bond donors (Lipinski definition) is 2. The maximum atomic E-state index is 9.47. The quantitative estimate of drug-likeness (QED) is 0.847. The topological polar surface area (TPSA) is 46.2 Å². The van der Waals surface area contributed by atoms with E-state index < -0.39 is 0 Å². The Morgan fingerprint density at radius 1 is 1.19 bits per heavy atom. The van der Waals surface area contributed by atoms with Crippen LogP contribution in [0.25, 0.3) is 0 Å². The van der Waals surface area contributed by atoms with Crippen LogP contribution in [0.5, 0.6) is 5.75 Å². The molecule has 1 fully saturated rings. The lowest BCUT2D eigenvalue weighted by Gasteiger charge is -2.20. The number of nitrogens with two attached hydrogens (primary N) is 1. The Bertz CT molecular complexity index is 366. The monoisotopic (exact) mass is 259 g/mol. The van der Waals surface area contributed by atoms with Crippen molar-refractivity contribution in [1.82, 2.24) is 0 Å². The fourth-order valence-corrected chi connectivity index (χ4v) is 2.87. The highest BCUT2D eigenvalue weighted by Gasteiger charge is 2.24. The molecular weight excluding hydrogens is 245 g/mol. The van der Waals surface area contributed by atoms with Crippen molar-refractivity contribution in [1.29, 1.82) is 0 Å². The number of hydrogen-bond acceptors (Lipinski definition) is 2. The van der Waals surface area contributed by atoms with Gasteiger partial charge in [-0.25, -0.2) is 0 Å². The summed E-state index contributed by atoms with van der Waals surface area (Å²) < 4.78 is 0. The summed E-state index contributed by atoms with van der Waals surface area (Å²) in [5.41, 5.74) is 7.11. The van der Waals surface area contributed by atoms with E-state index in [4.69, 9.17) is 28.9 Å². The minimum Gasteiger partial charge on any atom is -0.505 e. The molecule has 0 aliphatic heterocycles. The van der Waals surface area contributed by atoms with Gasteiger partial charge in [0.15, 0.2) is 5.75 Å². The molecule has 1 aromatic carbocycles. The number of rotatable bonds is 2. The third kappa shape index (κ3) is 2.29. The molecular formula is C12H15Cl2NO. The van der Waals surface area contributed by atoms with E-state index in [9.17, 15) is 5.11 Å². The zero-order valence-electron chi connectivity index (χ0n) is 8.92. The Kier molecular flexibility index (Phi) is 3.63. The molecule has 16 heavy (non-hydrogen) atoms. The highest BCUT2D eigenvalue weighted by atomic mass is 35.5. The SMILES string of the molecule is N[C@H](c1cc(Cl)c(O)c(Cl)c1)C1CCCC1. The zero-order chi connectivity index (χ0) is 11.7. The van der Waals surface area contributed by atoms with Gasteiger partial charge in [-0.1, -0.05) is 36.0 Å². The standard InChI is InChI=1S/C12H15Cl2NO/c13-9-5-8(6-10(14)12(9)16)11(15)7-3-1-2-4-7/h5-7,11,16H,1-4,15H2/t11-/m0/s1. The van der Waals surface area contributed by atoms with E-state index in [1.165, 1.54) is 12.8 Å². The number of phenols is 1. The molecule has 2 rings (SSSR count). The molecule has 88 valence electrons. The van der Waals surface area contributed by atoms with Gasteiger partial charge < -0.3 is 10.8 Å². The van der Waals surface area contributed by atoms with E-state index in [0.717, 1.165) is 18.4 Å². The minimum absolute atomic E-state index is 0.0295. The largest absolute Gasteiger partial charge is 0.505 e. The summed E-state index contributed by atoms with van der Waals surface area (Å²) in [6.07, 6.45) is 4.82. The van der Waals surface area contributed by atoms with Crippen LogP contribution in [0.15, 0.2) is 12.1 Å². The van der Waals surface area contributed by atoms with Gasteiger partial charge in [0.1, 0.15) is 0 Å². The zero-order valence-corrected chi connectivity index (χ0v) is 10.4. The normalized spacial score (nSPS) is 18.9. The molecule has 4 heteroatoms. The lowest BCUT2D eigenvalue weighted by atomic mass is 9.92. The van der Waals surface area contributed by atoms with E-state index in [0.29, 0.717) is 5.92 Å². The molecule has 1 saturated carbocycles. The molecule has 0 heterocycles. The Hall–Kier alpha value is -0.440. The van der Waals surface area contributed by atoms with Gasteiger partial charge in [-0.05, 0) is 36.5 Å². The van der Waals surface area contributed by atoms with Gasteiger partial charge in [0.25, 0.3) is 0 Å². The first-order chi connectivity index (χ1) is 7.59. The van der Waals surface area contributed by atoms with E-state index >= 15 is 0 Å². The van der Waals surface area contributed by atoms with E-state index in [2.05, 4.69) is 0 Å². The summed E-state index contributed by atoms with van der Waals surface area (Å²) in [5, 5.41) is 10.0. The lowest BCUT2D eigenvalue weighted by Crippen LogP contribution is -2.19. The van der Waals surface area contributed by atoms with Gasteiger partial charge in [0, 0.05) is 6.04 Å². The Labute approximate surface area is 105 Å². The summed E-state index contributed by atoms with van der Waals surface area (Å²) >= 11 is 11.8. The van der Waals surface area contributed by atoms with Gasteiger partial charge in [-0.15, -0.1) is 0 Å². The molecule has 0 amide bonds. The van der Waals surface area contributed by atoms with Crippen molar-refractivity contribution in [3.05, 3.63) is 27.7 Å². The maximum Gasteiger partial charge on any atom is 0.152 e. The fourth-order valence-electron chi connectivity index (χ4n) is 2.37. The van der Waals surface area contributed by atoms with Crippen molar-refractivity contribution < 1.29 is 5.11 Å². The lowest BCUT2D eigenvalue weighted by molar-refractivity contribution is 0.443. The molecule has 0 unspecified atom stereocenters. The van der Waals surface area contributed by atoms with Crippen molar-refractivity contribution in [2.24, 2.45) is 11.7 Å². The molecule has 2 nitrogen and oxygen atoms in total. The highest BCUT2D eigenvalue weighted by molar-refractivity contribution is 6.37.